The van der Waals surface area contributed by atoms with Crippen LogP contribution < -0.4 is 5.73 Å². The molecule has 0 saturated carbocycles. The molecule has 1 fully saturated rings. The Morgan fingerprint density at radius 2 is 1.77 bits per heavy atom. The van der Waals surface area contributed by atoms with E-state index in [2.05, 4.69) is 17.0 Å². The monoisotopic (exact) mass is 302 g/mol. The van der Waals surface area contributed by atoms with E-state index in [0.29, 0.717) is 30.5 Å². The van der Waals surface area contributed by atoms with Crippen LogP contribution in [0.1, 0.15) is 17.0 Å². The van der Waals surface area contributed by atoms with Gasteiger partial charge in [-0.05, 0) is 24.1 Å². The third-order valence-electron chi connectivity index (χ3n) is 4.47. The summed E-state index contributed by atoms with van der Waals surface area (Å²) in [6, 6.07) is 14.6. The lowest BCUT2D eigenvalue weighted by Crippen LogP contribution is -2.23. The van der Waals surface area contributed by atoms with Gasteiger partial charge in [-0.2, -0.15) is 0 Å². The summed E-state index contributed by atoms with van der Waals surface area (Å²) in [6.07, 6.45) is 0. The average molecular weight is 302 g/mol. The smallest absolute Gasteiger partial charge is 0.163 e. The summed E-state index contributed by atoms with van der Waals surface area (Å²) in [5.74, 6) is -0.830. The molecule has 0 amide bonds. The zero-order chi connectivity index (χ0) is 15.5. The van der Waals surface area contributed by atoms with Gasteiger partial charge in [0.25, 0.3) is 0 Å². The number of likely N-dealkylation sites (tertiary alicyclic amines) is 1. The molecular formula is C18H20F2N2. The Morgan fingerprint density at radius 3 is 2.50 bits per heavy atom. The van der Waals surface area contributed by atoms with Crippen LogP contribution >= 0.6 is 0 Å². The fraction of sp³-hybridized carbons (Fsp3) is 0.333. The molecule has 2 atom stereocenters. The second-order valence-electron chi connectivity index (χ2n) is 5.92. The van der Waals surface area contributed by atoms with Crippen molar-refractivity contribution in [3.8, 4) is 0 Å². The first-order chi connectivity index (χ1) is 10.7. The van der Waals surface area contributed by atoms with Crippen LogP contribution in [0.25, 0.3) is 0 Å². The quantitative estimate of drug-likeness (QED) is 0.940. The van der Waals surface area contributed by atoms with Gasteiger partial charge >= 0.3 is 0 Å². The van der Waals surface area contributed by atoms with Crippen LogP contribution in [-0.4, -0.2) is 24.5 Å². The van der Waals surface area contributed by atoms with Gasteiger partial charge in [-0.1, -0.05) is 42.5 Å². The van der Waals surface area contributed by atoms with E-state index in [4.69, 9.17) is 5.73 Å². The van der Waals surface area contributed by atoms with Gasteiger partial charge in [0.15, 0.2) is 11.6 Å². The molecular weight excluding hydrogens is 282 g/mol. The van der Waals surface area contributed by atoms with Crippen molar-refractivity contribution in [2.24, 2.45) is 11.7 Å². The lowest BCUT2D eigenvalue weighted by molar-refractivity contribution is 0.309. The maximum atomic E-state index is 13.8. The summed E-state index contributed by atoms with van der Waals surface area (Å²) < 4.78 is 27.2. The molecule has 1 aliphatic heterocycles. The standard InChI is InChI=1S/C18H20F2N2/c19-17-8-4-7-14(18(17)20)10-22-11-15(9-21)16(12-22)13-5-2-1-3-6-13/h1-8,15-16H,9-12,21H2/t15-,16+/m1/s1. The minimum atomic E-state index is -0.785. The molecule has 1 saturated heterocycles. The van der Waals surface area contributed by atoms with Crippen LogP contribution in [0.5, 0.6) is 0 Å². The highest BCUT2D eigenvalue weighted by molar-refractivity contribution is 5.24. The summed E-state index contributed by atoms with van der Waals surface area (Å²) >= 11 is 0. The van der Waals surface area contributed by atoms with Crippen molar-refractivity contribution in [2.45, 2.75) is 12.5 Å². The van der Waals surface area contributed by atoms with E-state index >= 15 is 0 Å². The van der Waals surface area contributed by atoms with Gasteiger partial charge in [-0.25, -0.2) is 8.78 Å². The van der Waals surface area contributed by atoms with Gasteiger partial charge in [-0.15, -0.1) is 0 Å². The number of hydrogen-bond donors (Lipinski definition) is 1. The van der Waals surface area contributed by atoms with Gasteiger partial charge in [0, 0.05) is 31.1 Å². The fourth-order valence-electron chi connectivity index (χ4n) is 3.32. The highest BCUT2D eigenvalue weighted by Crippen LogP contribution is 2.33. The van der Waals surface area contributed by atoms with Crippen molar-refractivity contribution < 1.29 is 8.78 Å². The zero-order valence-corrected chi connectivity index (χ0v) is 12.4. The van der Waals surface area contributed by atoms with E-state index in [1.54, 1.807) is 12.1 Å². The van der Waals surface area contributed by atoms with Gasteiger partial charge in [0.1, 0.15) is 0 Å². The number of benzene rings is 2. The van der Waals surface area contributed by atoms with E-state index in [1.165, 1.54) is 5.56 Å². The van der Waals surface area contributed by atoms with Crippen LogP contribution in [-0.2, 0) is 6.54 Å². The number of nitrogens with zero attached hydrogens (tertiary/aromatic N) is 1. The Kier molecular flexibility index (Phi) is 4.50. The molecule has 3 rings (SSSR count). The van der Waals surface area contributed by atoms with Crippen molar-refractivity contribution in [1.29, 1.82) is 0 Å². The van der Waals surface area contributed by atoms with Crippen molar-refractivity contribution in [2.75, 3.05) is 19.6 Å². The van der Waals surface area contributed by atoms with Crippen LogP contribution in [0, 0.1) is 17.6 Å². The van der Waals surface area contributed by atoms with Crippen LogP contribution in [0.15, 0.2) is 48.5 Å². The highest BCUT2D eigenvalue weighted by atomic mass is 19.2. The molecule has 2 N–H and O–H groups in total. The summed E-state index contributed by atoms with van der Waals surface area (Å²) in [4.78, 5) is 2.16. The molecule has 0 radical (unpaired) electrons. The second-order valence-corrected chi connectivity index (χ2v) is 5.92. The SMILES string of the molecule is NC[C@@H]1CN(Cc2cccc(F)c2F)C[C@H]1c1ccccc1. The Hall–Kier alpha value is -1.78. The lowest BCUT2D eigenvalue weighted by atomic mass is 9.89. The molecule has 4 heteroatoms. The highest BCUT2D eigenvalue weighted by Gasteiger charge is 2.33. The summed E-state index contributed by atoms with van der Waals surface area (Å²) in [7, 11) is 0. The van der Waals surface area contributed by atoms with Crippen molar-refractivity contribution >= 4 is 0 Å². The molecule has 1 heterocycles. The van der Waals surface area contributed by atoms with Gasteiger partial charge in [0.2, 0.25) is 0 Å². The predicted octanol–water partition coefficient (Wildman–Crippen LogP) is 3.14. The second kappa shape index (κ2) is 6.55. The maximum absolute atomic E-state index is 13.8. The van der Waals surface area contributed by atoms with Crippen molar-refractivity contribution in [1.82, 2.24) is 4.90 Å². The molecule has 1 aliphatic rings. The summed E-state index contributed by atoms with van der Waals surface area (Å²) in [5, 5.41) is 0. The van der Waals surface area contributed by atoms with Gasteiger partial charge in [0.05, 0.1) is 0 Å². The summed E-state index contributed by atoms with van der Waals surface area (Å²) in [6.45, 7) is 2.65. The van der Waals surface area contributed by atoms with Crippen LogP contribution in [0.4, 0.5) is 8.78 Å². The van der Waals surface area contributed by atoms with E-state index in [0.717, 1.165) is 19.2 Å². The molecule has 0 aromatic heterocycles. The molecule has 22 heavy (non-hydrogen) atoms. The maximum Gasteiger partial charge on any atom is 0.163 e. The Morgan fingerprint density at radius 1 is 1.00 bits per heavy atom. The number of rotatable bonds is 4. The number of nitrogens with two attached hydrogens (primary N) is 1. The minimum Gasteiger partial charge on any atom is -0.330 e. The van der Waals surface area contributed by atoms with Gasteiger partial charge < -0.3 is 5.73 Å². The van der Waals surface area contributed by atoms with E-state index < -0.39 is 11.6 Å². The van der Waals surface area contributed by atoms with Crippen molar-refractivity contribution in [3.63, 3.8) is 0 Å². The largest absolute Gasteiger partial charge is 0.330 e. The summed E-state index contributed by atoms with van der Waals surface area (Å²) in [5.41, 5.74) is 7.58. The molecule has 2 nitrogen and oxygen atoms in total. The molecule has 0 bridgehead atoms. The first kappa shape index (κ1) is 15.1. The van der Waals surface area contributed by atoms with E-state index in [1.807, 2.05) is 18.2 Å². The van der Waals surface area contributed by atoms with Crippen LogP contribution in [0.2, 0.25) is 0 Å². The van der Waals surface area contributed by atoms with E-state index in [-0.39, 0.29) is 0 Å². The first-order valence-electron chi connectivity index (χ1n) is 7.59. The first-order valence-corrected chi connectivity index (χ1v) is 7.59. The minimum absolute atomic E-state index is 0.346. The van der Waals surface area contributed by atoms with Crippen molar-refractivity contribution in [3.05, 3.63) is 71.3 Å². The third-order valence-corrected chi connectivity index (χ3v) is 4.47. The topological polar surface area (TPSA) is 29.3 Å². The molecule has 0 aliphatic carbocycles. The normalized spacial score (nSPS) is 22.1. The lowest BCUT2D eigenvalue weighted by Gasteiger charge is -2.17. The Balaban J connectivity index is 1.76. The fourth-order valence-corrected chi connectivity index (χ4v) is 3.32. The molecule has 0 unspecified atom stereocenters. The van der Waals surface area contributed by atoms with E-state index in [9.17, 15) is 8.78 Å². The molecule has 2 aromatic carbocycles. The molecule has 0 spiro atoms. The number of hydrogen-bond acceptors (Lipinski definition) is 2. The van der Waals surface area contributed by atoms with Crippen LogP contribution in [0.3, 0.4) is 0 Å². The molecule has 116 valence electrons. The zero-order valence-electron chi connectivity index (χ0n) is 12.4. The Labute approximate surface area is 129 Å². The molecule has 2 aromatic rings. The third kappa shape index (κ3) is 3.03. The van der Waals surface area contributed by atoms with Gasteiger partial charge in [-0.3, -0.25) is 4.90 Å². The Bertz CT molecular complexity index is 630. The number of halogens is 2. The average Bonchev–Trinajstić information content (AvgIpc) is 2.96. The predicted molar refractivity (Wildman–Crippen MR) is 83.4 cm³/mol.